The molecule has 0 radical (unpaired) electrons. The SMILES string of the molecule is Fc1ccc(-n2ncc3c(NCCOc4ccccc4F)ncnc32)cc1. The lowest BCUT2D eigenvalue weighted by Crippen LogP contribution is -2.13. The molecule has 2 aromatic carbocycles. The first-order valence-corrected chi connectivity index (χ1v) is 8.28. The van der Waals surface area contributed by atoms with Crippen LogP contribution in [0, 0.1) is 11.6 Å². The number of para-hydroxylation sites is 1. The summed E-state index contributed by atoms with van der Waals surface area (Å²) in [6, 6.07) is 12.2. The monoisotopic (exact) mass is 367 g/mol. The van der Waals surface area contributed by atoms with E-state index in [0.29, 0.717) is 29.1 Å². The van der Waals surface area contributed by atoms with Crippen LogP contribution in [-0.4, -0.2) is 32.9 Å². The van der Waals surface area contributed by atoms with E-state index >= 15 is 0 Å². The molecule has 4 aromatic rings. The fourth-order valence-electron chi connectivity index (χ4n) is 2.65. The standard InChI is InChI=1S/C19H15F2N5O/c20-13-5-7-14(8-6-13)26-19-15(11-25-26)18(23-12-24-19)22-9-10-27-17-4-2-1-3-16(17)21/h1-8,11-12H,9-10H2,(H,22,23,24). The Labute approximate surface area is 153 Å². The van der Waals surface area contributed by atoms with E-state index in [-0.39, 0.29) is 18.2 Å². The van der Waals surface area contributed by atoms with Crippen LogP contribution in [0.5, 0.6) is 5.75 Å². The van der Waals surface area contributed by atoms with E-state index in [0.717, 1.165) is 0 Å². The molecule has 136 valence electrons. The average Bonchev–Trinajstić information content (AvgIpc) is 3.12. The summed E-state index contributed by atoms with van der Waals surface area (Å²) in [6.45, 7) is 0.681. The third-order valence-corrected chi connectivity index (χ3v) is 3.93. The molecule has 0 aliphatic rings. The maximum Gasteiger partial charge on any atom is 0.168 e. The Kier molecular flexibility index (Phi) is 4.61. The van der Waals surface area contributed by atoms with Crippen molar-refractivity contribution in [3.05, 3.63) is 72.7 Å². The average molecular weight is 367 g/mol. The van der Waals surface area contributed by atoms with Crippen LogP contribution in [-0.2, 0) is 0 Å². The minimum absolute atomic E-state index is 0.205. The largest absolute Gasteiger partial charge is 0.489 e. The third kappa shape index (κ3) is 3.55. The van der Waals surface area contributed by atoms with Crippen LogP contribution in [0.2, 0.25) is 0 Å². The molecular weight excluding hydrogens is 352 g/mol. The third-order valence-electron chi connectivity index (χ3n) is 3.93. The lowest BCUT2D eigenvalue weighted by atomic mass is 10.3. The minimum Gasteiger partial charge on any atom is -0.489 e. The first-order chi connectivity index (χ1) is 13.2. The maximum absolute atomic E-state index is 13.5. The highest BCUT2D eigenvalue weighted by Gasteiger charge is 2.11. The second kappa shape index (κ2) is 7.36. The number of ether oxygens (including phenoxy) is 1. The summed E-state index contributed by atoms with van der Waals surface area (Å²) in [7, 11) is 0. The number of anilines is 1. The number of nitrogens with one attached hydrogen (secondary N) is 1. The number of benzene rings is 2. The van der Waals surface area contributed by atoms with Gasteiger partial charge in [0.15, 0.2) is 17.2 Å². The Balaban J connectivity index is 1.48. The van der Waals surface area contributed by atoms with Gasteiger partial charge in [-0.25, -0.2) is 23.4 Å². The minimum atomic E-state index is -0.400. The molecule has 0 bridgehead atoms. The highest BCUT2D eigenvalue weighted by Crippen LogP contribution is 2.21. The first kappa shape index (κ1) is 16.9. The molecule has 8 heteroatoms. The van der Waals surface area contributed by atoms with E-state index in [4.69, 9.17) is 4.74 Å². The van der Waals surface area contributed by atoms with Gasteiger partial charge in [0.05, 0.1) is 23.8 Å². The Bertz CT molecular complexity index is 1070. The molecule has 2 heterocycles. The van der Waals surface area contributed by atoms with Gasteiger partial charge in [0, 0.05) is 0 Å². The smallest absolute Gasteiger partial charge is 0.168 e. The molecule has 1 N–H and O–H groups in total. The Morgan fingerprint density at radius 2 is 1.81 bits per heavy atom. The van der Waals surface area contributed by atoms with Crippen LogP contribution in [0.1, 0.15) is 0 Å². The molecule has 0 amide bonds. The summed E-state index contributed by atoms with van der Waals surface area (Å²) in [6.07, 6.45) is 3.06. The summed E-state index contributed by atoms with van der Waals surface area (Å²) >= 11 is 0. The number of fused-ring (bicyclic) bond motifs is 1. The van der Waals surface area contributed by atoms with Crippen molar-refractivity contribution >= 4 is 16.9 Å². The molecule has 0 fully saturated rings. The molecule has 0 spiro atoms. The molecule has 0 atom stereocenters. The topological polar surface area (TPSA) is 64.9 Å². The van der Waals surface area contributed by atoms with Gasteiger partial charge in [0.1, 0.15) is 24.6 Å². The molecule has 0 saturated heterocycles. The van der Waals surface area contributed by atoms with Gasteiger partial charge in [-0.2, -0.15) is 5.10 Å². The van der Waals surface area contributed by atoms with Crippen LogP contribution in [0.3, 0.4) is 0 Å². The highest BCUT2D eigenvalue weighted by atomic mass is 19.1. The summed E-state index contributed by atoms with van der Waals surface area (Å²) in [5.41, 5.74) is 1.29. The zero-order valence-corrected chi connectivity index (χ0v) is 14.1. The Morgan fingerprint density at radius 1 is 1.00 bits per heavy atom. The van der Waals surface area contributed by atoms with E-state index in [1.807, 2.05) is 0 Å². The number of hydrogen-bond donors (Lipinski definition) is 1. The van der Waals surface area contributed by atoms with Gasteiger partial charge in [-0.15, -0.1) is 0 Å². The van der Waals surface area contributed by atoms with Gasteiger partial charge >= 0.3 is 0 Å². The van der Waals surface area contributed by atoms with Gasteiger partial charge in [0.2, 0.25) is 0 Å². The lowest BCUT2D eigenvalue weighted by Gasteiger charge is -2.09. The molecule has 0 unspecified atom stereocenters. The zero-order chi connectivity index (χ0) is 18.6. The van der Waals surface area contributed by atoms with E-state index in [1.165, 1.54) is 24.5 Å². The number of aromatic nitrogens is 4. The maximum atomic E-state index is 13.5. The molecule has 4 rings (SSSR count). The van der Waals surface area contributed by atoms with Gasteiger partial charge in [-0.3, -0.25) is 0 Å². The Morgan fingerprint density at radius 3 is 2.63 bits per heavy atom. The number of rotatable bonds is 6. The normalized spacial score (nSPS) is 10.9. The van der Waals surface area contributed by atoms with Crippen molar-refractivity contribution in [3.8, 4) is 11.4 Å². The van der Waals surface area contributed by atoms with E-state index in [2.05, 4.69) is 20.4 Å². The van der Waals surface area contributed by atoms with Crippen molar-refractivity contribution in [2.75, 3.05) is 18.5 Å². The van der Waals surface area contributed by atoms with Crippen molar-refractivity contribution in [2.24, 2.45) is 0 Å². The van der Waals surface area contributed by atoms with Crippen LogP contribution in [0.4, 0.5) is 14.6 Å². The van der Waals surface area contributed by atoms with E-state index in [1.54, 1.807) is 41.2 Å². The van der Waals surface area contributed by atoms with E-state index < -0.39 is 5.82 Å². The second-order valence-corrected chi connectivity index (χ2v) is 5.70. The molecule has 6 nitrogen and oxygen atoms in total. The van der Waals surface area contributed by atoms with Crippen molar-refractivity contribution in [2.45, 2.75) is 0 Å². The molecule has 0 aliphatic heterocycles. The predicted octanol–water partition coefficient (Wildman–Crippen LogP) is 3.58. The van der Waals surface area contributed by atoms with Crippen LogP contribution >= 0.6 is 0 Å². The van der Waals surface area contributed by atoms with Gasteiger partial charge in [0.25, 0.3) is 0 Å². The lowest BCUT2D eigenvalue weighted by molar-refractivity contribution is 0.315. The predicted molar refractivity (Wildman–Crippen MR) is 97.0 cm³/mol. The number of halogens is 2. The van der Waals surface area contributed by atoms with Crippen molar-refractivity contribution in [1.29, 1.82) is 0 Å². The quantitative estimate of drug-likeness (QED) is 0.528. The molecular formula is C19H15F2N5O. The summed E-state index contributed by atoms with van der Waals surface area (Å²) in [5, 5.41) is 8.17. The molecule has 2 aromatic heterocycles. The van der Waals surface area contributed by atoms with Crippen LogP contribution in [0.15, 0.2) is 61.1 Å². The van der Waals surface area contributed by atoms with E-state index in [9.17, 15) is 8.78 Å². The fraction of sp³-hybridized carbons (Fsp3) is 0.105. The Hall–Kier alpha value is -3.55. The van der Waals surface area contributed by atoms with Gasteiger partial charge < -0.3 is 10.1 Å². The molecule has 0 aliphatic carbocycles. The molecule has 0 saturated carbocycles. The van der Waals surface area contributed by atoms with Gasteiger partial charge in [-0.05, 0) is 36.4 Å². The van der Waals surface area contributed by atoms with Gasteiger partial charge in [-0.1, -0.05) is 12.1 Å². The number of hydrogen-bond acceptors (Lipinski definition) is 5. The van der Waals surface area contributed by atoms with Crippen molar-refractivity contribution in [1.82, 2.24) is 19.7 Å². The number of nitrogens with zero attached hydrogens (tertiary/aromatic N) is 4. The van der Waals surface area contributed by atoms with Crippen LogP contribution in [0.25, 0.3) is 16.7 Å². The molecule has 27 heavy (non-hydrogen) atoms. The highest BCUT2D eigenvalue weighted by molar-refractivity contribution is 5.87. The fourth-order valence-corrected chi connectivity index (χ4v) is 2.65. The van der Waals surface area contributed by atoms with Crippen LogP contribution < -0.4 is 10.1 Å². The zero-order valence-electron chi connectivity index (χ0n) is 14.1. The van der Waals surface area contributed by atoms with Crippen molar-refractivity contribution in [3.63, 3.8) is 0 Å². The first-order valence-electron chi connectivity index (χ1n) is 8.28. The summed E-state index contributed by atoms with van der Waals surface area (Å²) in [4.78, 5) is 8.49. The van der Waals surface area contributed by atoms with Crippen molar-refractivity contribution < 1.29 is 13.5 Å². The summed E-state index contributed by atoms with van der Waals surface area (Å²) in [5.74, 6) is 0.0753. The second-order valence-electron chi connectivity index (χ2n) is 5.70. The summed E-state index contributed by atoms with van der Waals surface area (Å²) < 4.78 is 33.7.